The average Bonchev–Trinajstić information content (AvgIpc) is 2.93. The summed E-state index contributed by atoms with van der Waals surface area (Å²) in [5, 5.41) is 2.36. The molecule has 2 nitrogen and oxygen atoms in total. The number of rotatable bonds is 3. The first-order valence-corrected chi connectivity index (χ1v) is 7.49. The first kappa shape index (κ1) is 13.0. The van der Waals surface area contributed by atoms with Gasteiger partial charge in [0, 0.05) is 16.3 Å². The van der Waals surface area contributed by atoms with Gasteiger partial charge in [0.2, 0.25) is 0 Å². The van der Waals surface area contributed by atoms with E-state index < -0.39 is 0 Å². The van der Waals surface area contributed by atoms with Crippen LogP contribution in [0.25, 0.3) is 21.8 Å². The highest BCUT2D eigenvalue weighted by molar-refractivity contribution is 6.10. The SMILES string of the molecule is Cc1ccc(COc2cccc3[nH]c4ccccc4c23)cc1. The van der Waals surface area contributed by atoms with Crippen LogP contribution in [0.2, 0.25) is 0 Å². The maximum Gasteiger partial charge on any atom is 0.129 e. The minimum absolute atomic E-state index is 0.582. The normalized spacial score (nSPS) is 11.1. The third-order valence-electron chi connectivity index (χ3n) is 4.01. The second kappa shape index (κ2) is 5.23. The van der Waals surface area contributed by atoms with Crippen molar-refractivity contribution in [2.45, 2.75) is 13.5 Å². The number of benzene rings is 3. The van der Waals surface area contributed by atoms with Gasteiger partial charge in [0.1, 0.15) is 12.4 Å². The monoisotopic (exact) mass is 287 g/mol. The van der Waals surface area contributed by atoms with Crippen LogP contribution in [0.3, 0.4) is 0 Å². The molecule has 0 atom stereocenters. The molecule has 0 saturated carbocycles. The van der Waals surface area contributed by atoms with Gasteiger partial charge in [-0.25, -0.2) is 0 Å². The summed E-state index contributed by atoms with van der Waals surface area (Å²) >= 11 is 0. The number of ether oxygens (including phenoxy) is 1. The molecule has 0 spiro atoms. The number of nitrogens with one attached hydrogen (secondary N) is 1. The van der Waals surface area contributed by atoms with Crippen LogP contribution in [0.1, 0.15) is 11.1 Å². The highest BCUT2D eigenvalue weighted by Crippen LogP contribution is 2.33. The summed E-state index contributed by atoms with van der Waals surface area (Å²) in [6.07, 6.45) is 0. The van der Waals surface area contributed by atoms with E-state index >= 15 is 0 Å². The molecule has 4 aromatic rings. The molecule has 3 aromatic carbocycles. The second-order valence-corrected chi connectivity index (χ2v) is 5.62. The van der Waals surface area contributed by atoms with E-state index in [9.17, 15) is 0 Å². The molecule has 2 heteroatoms. The fourth-order valence-electron chi connectivity index (χ4n) is 2.83. The van der Waals surface area contributed by atoms with Gasteiger partial charge in [-0.1, -0.05) is 54.1 Å². The fraction of sp³-hybridized carbons (Fsp3) is 0.100. The Bertz CT molecular complexity index is 935. The molecule has 4 rings (SSSR count). The Hall–Kier alpha value is -2.74. The van der Waals surface area contributed by atoms with E-state index in [4.69, 9.17) is 4.74 Å². The molecule has 0 aliphatic carbocycles. The van der Waals surface area contributed by atoms with E-state index in [0.717, 1.165) is 22.2 Å². The number of hydrogen-bond donors (Lipinski definition) is 1. The van der Waals surface area contributed by atoms with Gasteiger partial charge in [0.15, 0.2) is 0 Å². The van der Waals surface area contributed by atoms with Crippen molar-refractivity contribution in [2.75, 3.05) is 0 Å². The quantitative estimate of drug-likeness (QED) is 0.550. The van der Waals surface area contributed by atoms with E-state index in [-0.39, 0.29) is 0 Å². The molecule has 0 aliphatic heterocycles. The van der Waals surface area contributed by atoms with Crippen LogP contribution in [-0.4, -0.2) is 4.98 Å². The maximum atomic E-state index is 6.09. The Balaban J connectivity index is 1.73. The Labute approximate surface area is 129 Å². The van der Waals surface area contributed by atoms with E-state index in [2.05, 4.69) is 60.4 Å². The molecule has 22 heavy (non-hydrogen) atoms. The molecule has 108 valence electrons. The number of H-pyrrole nitrogens is 1. The summed E-state index contributed by atoms with van der Waals surface area (Å²) in [5.74, 6) is 0.926. The van der Waals surface area contributed by atoms with Gasteiger partial charge in [0.05, 0.1) is 5.52 Å². The minimum Gasteiger partial charge on any atom is -0.488 e. The van der Waals surface area contributed by atoms with Crippen molar-refractivity contribution in [1.29, 1.82) is 0 Å². The van der Waals surface area contributed by atoms with Crippen molar-refractivity contribution >= 4 is 21.8 Å². The standard InChI is InChI=1S/C20H17NO/c1-14-9-11-15(12-10-14)13-22-19-8-4-7-18-20(19)16-5-2-3-6-17(16)21-18/h2-12,21H,13H2,1H3. The van der Waals surface area contributed by atoms with E-state index in [0.29, 0.717) is 6.61 Å². The zero-order valence-electron chi connectivity index (χ0n) is 12.5. The predicted octanol–water partition coefficient (Wildman–Crippen LogP) is 5.21. The topological polar surface area (TPSA) is 25.0 Å². The lowest BCUT2D eigenvalue weighted by Gasteiger charge is -2.08. The summed E-state index contributed by atoms with van der Waals surface area (Å²) in [6, 6.07) is 23.0. The second-order valence-electron chi connectivity index (χ2n) is 5.62. The molecule has 0 fully saturated rings. The molecular weight excluding hydrogens is 270 g/mol. The van der Waals surface area contributed by atoms with Gasteiger partial charge < -0.3 is 9.72 Å². The van der Waals surface area contributed by atoms with Crippen molar-refractivity contribution in [3.8, 4) is 5.75 Å². The Morgan fingerprint density at radius 1 is 0.818 bits per heavy atom. The van der Waals surface area contributed by atoms with Crippen LogP contribution < -0.4 is 4.74 Å². The number of hydrogen-bond acceptors (Lipinski definition) is 1. The Morgan fingerprint density at radius 3 is 2.45 bits per heavy atom. The lowest BCUT2D eigenvalue weighted by atomic mass is 10.1. The first-order chi connectivity index (χ1) is 10.8. The van der Waals surface area contributed by atoms with Crippen molar-refractivity contribution in [1.82, 2.24) is 4.98 Å². The van der Waals surface area contributed by atoms with Crippen molar-refractivity contribution in [3.05, 3.63) is 77.9 Å². The van der Waals surface area contributed by atoms with Crippen molar-refractivity contribution < 1.29 is 4.74 Å². The summed E-state index contributed by atoms with van der Waals surface area (Å²) in [7, 11) is 0. The zero-order chi connectivity index (χ0) is 14.9. The van der Waals surface area contributed by atoms with Crippen LogP contribution in [0.15, 0.2) is 66.7 Å². The van der Waals surface area contributed by atoms with Gasteiger partial charge in [-0.05, 0) is 30.7 Å². The van der Waals surface area contributed by atoms with Crippen molar-refractivity contribution in [3.63, 3.8) is 0 Å². The van der Waals surface area contributed by atoms with E-state index in [1.165, 1.54) is 16.5 Å². The molecule has 0 radical (unpaired) electrons. The van der Waals surface area contributed by atoms with Gasteiger partial charge in [-0.3, -0.25) is 0 Å². The minimum atomic E-state index is 0.582. The predicted molar refractivity (Wildman–Crippen MR) is 91.3 cm³/mol. The molecule has 0 amide bonds. The third kappa shape index (κ3) is 2.23. The number of para-hydroxylation sites is 1. The molecule has 1 N–H and O–H groups in total. The molecule has 0 bridgehead atoms. The number of fused-ring (bicyclic) bond motifs is 3. The lowest BCUT2D eigenvalue weighted by molar-refractivity contribution is 0.310. The van der Waals surface area contributed by atoms with Gasteiger partial charge in [0.25, 0.3) is 0 Å². The number of aryl methyl sites for hydroxylation is 1. The van der Waals surface area contributed by atoms with Gasteiger partial charge >= 0.3 is 0 Å². The van der Waals surface area contributed by atoms with Gasteiger partial charge in [-0.15, -0.1) is 0 Å². The highest BCUT2D eigenvalue weighted by atomic mass is 16.5. The van der Waals surface area contributed by atoms with Crippen LogP contribution in [0.4, 0.5) is 0 Å². The first-order valence-electron chi connectivity index (χ1n) is 7.49. The smallest absolute Gasteiger partial charge is 0.129 e. The third-order valence-corrected chi connectivity index (χ3v) is 4.01. The summed E-state index contributed by atoms with van der Waals surface area (Å²) in [6.45, 7) is 2.68. The molecule has 0 saturated heterocycles. The number of aromatic nitrogens is 1. The highest BCUT2D eigenvalue weighted by Gasteiger charge is 2.09. The molecule has 0 unspecified atom stereocenters. The zero-order valence-corrected chi connectivity index (χ0v) is 12.5. The van der Waals surface area contributed by atoms with Crippen LogP contribution in [-0.2, 0) is 6.61 Å². The van der Waals surface area contributed by atoms with Crippen LogP contribution in [0.5, 0.6) is 5.75 Å². The molecular formula is C20H17NO. The number of aromatic amines is 1. The summed E-state index contributed by atoms with van der Waals surface area (Å²) in [5.41, 5.74) is 4.71. The largest absolute Gasteiger partial charge is 0.488 e. The molecule has 1 aromatic heterocycles. The molecule has 0 aliphatic rings. The maximum absolute atomic E-state index is 6.09. The van der Waals surface area contributed by atoms with Gasteiger partial charge in [-0.2, -0.15) is 0 Å². The van der Waals surface area contributed by atoms with E-state index in [1.807, 2.05) is 18.2 Å². The van der Waals surface area contributed by atoms with Crippen molar-refractivity contribution in [2.24, 2.45) is 0 Å². The Kier molecular flexibility index (Phi) is 3.08. The Morgan fingerprint density at radius 2 is 1.59 bits per heavy atom. The molecule has 1 heterocycles. The van der Waals surface area contributed by atoms with Crippen LogP contribution in [0, 0.1) is 6.92 Å². The van der Waals surface area contributed by atoms with E-state index in [1.54, 1.807) is 0 Å². The van der Waals surface area contributed by atoms with Crippen LogP contribution >= 0.6 is 0 Å². The summed E-state index contributed by atoms with van der Waals surface area (Å²) in [4.78, 5) is 3.44. The lowest BCUT2D eigenvalue weighted by Crippen LogP contribution is -1.95. The fourth-order valence-corrected chi connectivity index (χ4v) is 2.83. The summed E-state index contributed by atoms with van der Waals surface area (Å²) < 4.78 is 6.09. The average molecular weight is 287 g/mol.